The van der Waals surface area contributed by atoms with Crippen LogP contribution in [-0.4, -0.2) is 23.7 Å². The fourth-order valence-corrected chi connectivity index (χ4v) is 1.46. The Balaban J connectivity index is 2.73. The first-order valence-corrected chi connectivity index (χ1v) is 5.98. The molecule has 7 heteroatoms. The molecule has 0 aliphatic carbocycles. The Hall–Kier alpha value is -1.53. The molecule has 1 aromatic rings. The third-order valence-electron chi connectivity index (χ3n) is 1.90. The number of amides is 2. The van der Waals surface area contributed by atoms with Gasteiger partial charge in [0.2, 0.25) is 0 Å². The summed E-state index contributed by atoms with van der Waals surface area (Å²) in [6, 6.07) is 3.74. The van der Waals surface area contributed by atoms with Crippen molar-refractivity contribution in [2.75, 3.05) is 11.9 Å². The van der Waals surface area contributed by atoms with Crippen LogP contribution in [0.4, 0.5) is 10.5 Å². The average molecular weight is 334 g/mol. The van der Waals surface area contributed by atoms with E-state index in [0.717, 1.165) is 0 Å². The summed E-state index contributed by atoms with van der Waals surface area (Å²) < 4.78 is 0.625. The third kappa shape index (κ3) is 4.38. The normalized spacial score (nSPS) is 9.67. The van der Waals surface area contributed by atoms with Crippen molar-refractivity contribution in [3.05, 3.63) is 39.8 Å². The summed E-state index contributed by atoms with van der Waals surface area (Å²) in [6.07, 6.45) is 0. The minimum Gasteiger partial charge on any atom is -0.478 e. The van der Waals surface area contributed by atoms with Crippen LogP contribution in [0.2, 0.25) is 5.02 Å². The highest BCUT2D eigenvalue weighted by atomic mass is 79.9. The van der Waals surface area contributed by atoms with Crippen LogP contribution in [0.1, 0.15) is 10.4 Å². The minimum absolute atomic E-state index is 0.0700. The van der Waals surface area contributed by atoms with Gasteiger partial charge >= 0.3 is 12.0 Å². The van der Waals surface area contributed by atoms with Crippen molar-refractivity contribution in [1.29, 1.82) is 0 Å². The van der Waals surface area contributed by atoms with E-state index in [-0.39, 0.29) is 17.1 Å². The molecule has 0 bridgehead atoms. The summed E-state index contributed by atoms with van der Waals surface area (Å²) in [6.45, 7) is 3.83. The molecule has 0 atom stereocenters. The molecule has 1 aromatic carbocycles. The van der Waals surface area contributed by atoms with Crippen LogP contribution in [0.5, 0.6) is 0 Å². The Morgan fingerprint density at radius 2 is 2.11 bits per heavy atom. The number of carbonyl (C=O) groups excluding carboxylic acids is 1. The van der Waals surface area contributed by atoms with E-state index >= 15 is 0 Å². The first-order valence-electron chi connectivity index (χ1n) is 4.81. The predicted octanol–water partition coefficient (Wildman–Crippen LogP) is 3.07. The molecule has 0 aromatic heterocycles. The van der Waals surface area contributed by atoms with Crippen LogP contribution in [0, 0.1) is 0 Å². The van der Waals surface area contributed by atoms with Gasteiger partial charge in [0.05, 0.1) is 17.1 Å². The Bertz CT molecular complexity index is 505. The molecule has 96 valence electrons. The number of carbonyl (C=O) groups is 2. The fourth-order valence-electron chi connectivity index (χ4n) is 1.12. The van der Waals surface area contributed by atoms with Crippen molar-refractivity contribution < 1.29 is 14.7 Å². The molecule has 0 unspecified atom stereocenters. The molecule has 5 nitrogen and oxygen atoms in total. The summed E-state index contributed by atoms with van der Waals surface area (Å²) in [7, 11) is 0. The maximum Gasteiger partial charge on any atom is 0.337 e. The quantitative estimate of drug-likeness (QED) is 0.792. The van der Waals surface area contributed by atoms with Gasteiger partial charge < -0.3 is 15.7 Å². The van der Waals surface area contributed by atoms with Crippen LogP contribution in [0.15, 0.2) is 29.3 Å². The Morgan fingerprint density at radius 1 is 1.44 bits per heavy atom. The molecule has 0 heterocycles. The van der Waals surface area contributed by atoms with Crippen molar-refractivity contribution in [1.82, 2.24) is 5.32 Å². The van der Waals surface area contributed by atoms with E-state index in [1.165, 1.54) is 18.2 Å². The van der Waals surface area contributed by atoms with Crippen LogP contribution in [0.3, 0.4) is 0 Å². The summed E-state index contributed by atoms with van der Waals surface area (Å²) in [5.74, 6) is -1.15. The highest BCUT2D eigenvalue weighted by Crippen LogP contribution is 2.20. The van der Waals surface area contributed by atoms with E-state index in [9.17, 15) is 9.59 Å². The van der Waals surface area contributed by atoms with Crippen molar-refractivity contribution in [3.63, 3.8) is 0 Å². The number of anilines is 1. The second-order valence-electron chi connectivity index (χ2n) is 3.32. The summed E-state index contributed by atoms with van der Waals surface area (Å²) in [4.78, 5) is 22.3. The van der Waals surface area contributed by atoms with Crippen LogP contribution in [0.25, 0.3) is 0 Å². The lowest BCUT2D eigenvalue weighted by molar-refractivity contribution is 0.0697. The number of carboxylic acid groups (broad SMARTS) is 1. The molecule has 0 spiro atoms. The Morgan fingerprint density at radius 3 is 2.67 bits per heavy atom. The molecule has 0 aliphatic rings. The topological polar surface area (TPSA) is 78.4 Å². The molecule has 1 rings (SSSR count). The van der Waals surface area contributed by atoms with Gasteiger partial charge in [0.25, 0.3) is 0 Å². The SMILES string of the molecule is C=C(Br)CNC(=O)Nc1ccc(Cl)c(C(=O)O)c1. The van der Waals surface area contributed by atoms with E-state index in [2.05, 4.69) is 33.1 Å². The van der Waals surface area contributed by atoms with E-state index < -0.39 is 12.0 Å². The van der Waals surface area contributed by atoms with Gasteiger partial charge in [-0.15, -0.1) is 0 Å². The van der Waals surface area contributed by atoms with Crippen LogP contribution in [-0.2, 0) is 0 Å². The Labute approximate surface area is 117 Å². The molecule has 3 N–H and O–H groups in total. The average Bonchev–Trinajstić information content (AvgIpc) is 2.28. The number of benzene rings is 1. The van der Waals surface area contributed by atoms with Gasteiger partial charge in [-0.05, 0) is 18.2 Å². The highest BCUT2D eigenvalue weighted by molar-refractivity contribution is 9.11. The zero-order valence-electron chi connectivity index (χ0n) is 9.17. The van der Waals surface area contributed by atoms with E-state index in [1.54, 1.807) is 0 Å². The smallest absolute Gasteiger partial charge is 0.337 e. The lowest BCUT2D eigenvalue weighted by atomic mass is 10.2. The molecule has 0 fully saturated rings. The Kier molecular flexibility index (Phi) is 5.18. The zero-order valence-corrected chi connectivity index (χ0v) is 11.5. The molecular weight excluding hydrogens is 323 g/mol. The van der Waals surface area contributed by atoms with Crippen molar-refractivity contribution >= 4 is 45.2 Å². The van der Waals surface area contributed by atoms with Gasteiger partial charge in [-0.1, -0.05) is 34.1 Å². The van der Waals surface area contributed by atoms with Gasteiger partial charge in [0.1, 0.15) is 0 Å². The summed E-state index contributed by atoms with van der Waals surface area (Å²) >= 11 is 8.80. The lowest BCUT2D eigenvalue weighted by Crippen LogP contribution is -2.29. The first kappa shape index (κ1) is 14.5. The molecule has 2 amide bonds. The summed E-state index contributed by atoms with van der Waals surface area (Å²) in [5, 5.41) is 14.0. The van der Waals surface area contributed by atoms with Gasteiger partial charge in [-0.3, -0.25) is 0 Å². The largest absolute Gasteiger partial charge is 0.478 e. The second-order valence-corrected chi connectivity index (χ2v) is 4.85. The number of halogens is 2. The maximum absolute atomic E-state index is 11.4. The molecule has 0 saturated heterocycles. The zero-order chi connectivity index (χ0) is 13.7. The number of aromatic carboxylic acids is 1. The van der Waals surface area contributed by atoms with E-state index in [0.29, 0.717) is 10.2 Å². The van der Waals surface area contributed by atoms with Crippen molar-refractivity contribution in [2.24, 2.45) is 0 Å². The number of carboxylic acids is 1. The van der Waals surface area contributed by atoms with E-state index in [4.69, 9.17) is 16.7 Å². The van der Waals surface area contributed by atoms with Gasteiger partial charge in [-0.2, -0.15) is 0 Å². The maximum atomic E-state index is 11.4. The van der Waals surface area contributed by atoms with Gasteiger partial charge in [-0.25, -0.2) is 9.59 Å². The van der Waals surface area contributed by atoms with Crippen molar-refractivity contribution in [3.8, 4) is 0 Å². The second kappa shape index (κ2) is 6.42. The van der Waals surface area contributed by atoms with E-state index in [1.807, 2.05) is 0 Å². The highest BCUT2D eigenvalue weighted by Gasteiger charge is 2.10. The molecule has 0 aliphatic heterocycles. The standard InChI is InChI=1S/C11H10BrClN2O3/c1-6(12)5-14-11(18)15-7-2-3-9(13)8(4-7)10(16)17/h2-4H,1,5H2,(H,16,17)(H2,14,15,18). The van der Waals surface area contributed by atoms with Gasteiger partial charge in [0.15, 0.2) is 0 Å². The summed E-state index contributed by atoms with van der Waals surface area (Å²) in [5.41, 5.74) is 0.272. The molecular formula is C11H10BrClN2O3. The lowest BCUT2D eigenvalue weighted by Gasteiger charge is -2.08. The predicted molar refractivity (Wildman–Crippen MR) is 73.5 cm³/mol. The number of hydrogen-bond donors (Lipinski definition) is 3. The monoisotopic (exact) mass is 332 g/mol. The molecule has 0 saturated carbocycles. The number of urea groups is 1. The molecule has 0 radical (unpaired) electrons. The van der Waals surface area contributed by atoms with Gasteiger partial charge in [0, 0.05) is 10.2 Å². The van der Waals surface area contributed by atoms with Crippen molar-refractivity contribution in [2.45, 2.75) is 0 Å². The third-order valence-corrected chi connectivity index (χ3v) is 2.51. The first-order chi connectivity index (χ1) is 8.40. The number of rotatable bonds is 4. The number of nitrogens with one attached hydrogen (secondary N) is 2. The van der Waals surface area contributed by atoms with Crippen LogP contribution >= 0.6 is 27.5 Å². The van der Waals surface area contributed by atoms with Crippen LogP contribution < -0.4 is 10.6 Å². The minimum atomic E-state index is -1.15. The fraction of sp³-hybridized carbons (Fsp3) is 0.0909. The number of hydrogen-bond acceptors (Lipinski definition) is 2. The molecule has 18 heavy (non-hydrogen) atoms.